The lowest BCUT2D eigenvalue weighted by Crippen LogP contribution is -2.48. The van der Waals surface area contributed by atoms with E-state index in [4.69, 9.17) is 4.74 Å². The molecule has 0 saturated carbocycles. The highest BCUT2D eigenvalue weighted by Crippen LogP contribution is 2.23. The van der Waals surface area contributed by atoms with Gasteiger partial charge in [-0.2, -0.15) is 0 Å². The molecule has 1 unspecified atom stereocenters. The fourth-order valence-electron chi connectivity index (χ4n) is 1.85. The third kappa shape index (κ3) is 2.61. The van der Waals surface area contributed by atoms with Crippen LogP contribution in [-0.2, 0) is 4.79 Å². The summed E-state index contributed by atoms with van der Waals surface area (Å²) in [5, 5.41) is 5.73. The van der Waals surface area contributed by atoms with Crippen LogP contribution in [0.3, 0.4) is 0 Å². The van der Waals surface area contributed by atoms with Gasteiger partial charge in [0, 0.05) is 12.0 Å². The van der Waals surface area contributed by atoms with Crippen molar-refractivity contribution in [3.63, 3.8) is 0 Å². The predicted molar refractivity (Wildman–Crippen MR) is 67.1 cm³/mol. The minimum Gasteiger partial charge on any atom is -0.497 e. The number of rotatable bonds is 4. The molecule has 2 N–H and O–H groups in total. The first-order chi connectivity index (χ1) is 8.61. The molecule has 98 valence electrons. The number of anilines is 1. The van der Waals surface area contributed by atoms with Gasteiger partial charge in [-0.1, -0.05) is 6.92 Å². The molecule has 5 heteroatoms. The molecule has 1 aromatic rings. The zero-order chi connectivity index (χ0) is 13.1. The Morgan fingerprint density at radius 1 is 1.56 bits per heavy atom. The van der Waals surface area contributed by atoms with E-state index < -0.39 is 5.82 Å². The lowest BCUT2D eigenvalue weighted by atomic mass is 9.88. The van der Waals surface area contributed by atoms with Gasteiger partial charge in [-0.3, -0.25) is 4.79 Å². The second-order valence-electron chi connectivity index (χ2n) is 4.54. The van der Waals surface area contributed by atoms with Crippen molar-refractivity contribution in [2.45, 2.75) is 6.92 Å². The van der Waals surface area contributed by atoms with Gasteiger partial charge in [0.2, 0.25) is 5.91 Å². The summed E-state index contributed by atoms with van der Waals surface area (Å²) in [5.74, 6) is 0.108. The molecule has 1 atom stereocenters. The second kappa shape index (κ2) is 5.35. The molecule has 0 aromatic heterocycles. The first-order valence-electron chi connectivity index (χ1n) is 5.97. The van der Waals surface area contributed by atoms with E-state index in [0.29, 0.717) is 11.7 Å². The quantitative estimate of drug-likeness (QED) is 0.856. The zero-order valence-corrected chi connectivity index (χ0v) is 10.5. The number of halogens is 1. The van der Waals surface area contributed by atoms with E-state index in [9.17, 15) is 9.18 Å². The fraction of sp³-hybridized carbons (Fsp3) is 0.462. The summed E-state index contributed by atoms with van der Waals surface area (Å²) in [6, 6.07) is 4.28. The average Bonchev–Trinajstić information content (AvgIpc) is 2.29. The van der Waals surface area contributed by atoms with E-state index in [-0.39, 0.29) is 17.5 Å². The van der Waals surface area contributed by atoms with Crippen LogP contribution >= 0.6 is 0 Å². The van der Waals surface area contributed by atoms with Gasteiger partial charge in [0.1, 0.15) is 11.6 Å². The van der Waals surface area contributed by atoms with Crippen molar-refractivity contribution in [3.8, 4) is 5.75 Å². The van der Waals surface area contributed by atoms with Gasteiger partial charge in [0.25, 0.3) is 0 Å². The van der Waals surface area contributed by atoms with Crippen molar-refractivity contribution in [3.05, 3.63) is 24.0 Å². The minimum atomic E-state index is -0.455. The Morgan fingerprint density at radius 3 is 2.83 bits per heavy atom. The highest BCUT2D eigenvalue weighted by molar-refractivity contribution is 5.92. The number of carbonyl (C=O) groups is 1. The molecule has 0 aliphatic carbocycles. The smallest absolute Gasteiger partial charge is 0.227 e. The van der Waals surface area contributed by atoms with Crippen LogP contribution in [0.5, 0.6) is 5.75 Å². The van der Waals surface area contributed by atoms with Crippen LogP contribution in [0, 0.1) is 17.7 Å². The summed E-state index contributed by atoms with van der Waals surface area (Å²) >= 11 is 0. The summed E-state index contributed by atoms with van der Waals surface area (Å²) in [7, 11) is 1.50. The molecule has 1 heterocycles. The molecule has 4 nitrogen and oxygen atoms in total. The van der Waals surface area contributed by atoms with Crippen LogP contribution < -0.4 is 15.4 Å². The number of amides is 1. The van der Waals surface area contributed by atoms with Crippen molar-refractivity contribution >= 4 is 11.6 Å². The van der Waals surface area contributed by atoms with Gasteiger partial charge in [0.15, 0.2) is 0 Å². The number of hydrogen-bond acceptors (Lipinski definition) is 3. The first-order valence-corrected chi connectivity index (χ1v) is 5.97. The molecule has 0 radical (unpaired) electrons. The Balaban J connectivity index is 2.05. The van der Waals surface area contributed by atoms with E-state index >= 15 is 0 Å². The van der Waals surface area contributed by atoms with Crippen LogP contribution in [0.2, 0.25) is 0 Å². The largest absolute Gasteiger partial charge is 0.497 e. The Kier molecular flexibility index (Phi) is 3.81. The van der Waals surface area contributed by atoms with Gasteiger partial charge >= 0.3 is 0 Å². The average molecular weight is 252 g/mol. The van der Waals surface area contributed by atoms with Crippen LogP contribution in [0.15, 0.2) is 18.2 Å². The maximum Gasteiger partial charge on any atom is 0.227 e. The molecule has 18 heavy (non-hydrogen) atoms. The number of methoxy groups -OCH3 is 1. The van der Waals surface area contributed by atoms with E-state index in [1.165, 1.54) is 25.3 Å². The van der Waals surface area contributed by atoms with E-state index in [1.54, 1.807) is 0 Å². The summed E-state index contributed by atoms with van der Waals surface area (Å²) in [6.45, 7) is 3.54. The standard InChI is InChI=1S/C13H17FN2O2/c1-8(9-6-15-7-9)13(17)16-12-5-10(18-2)3-4-11(12)14/h3-5,8-9,15H,6-7H2,1-2H3,(H,16,17). The topological polar surface area (TPSA) is 50.4 Å². The Hall–Kier alpha value is -1.62. The van der Waals surface area contributed by atoms with Crippen molar-refractivity contribution in [1.82, 2.24) is 5.32 Å². The predicted octanol–water partition coefficient (Wildman–Crippen LogP) is 1.63. The molecular formula is C13H17FN2O2. The molecule has 1 aliphatic rings. The summed E-state index contributed by atoms with van der Waals surface area (Å²) in [4.78, 5) is 12.0. The third-order valence-corrected chi connectivity index (χ3v) is 3.37. The Bertz CT molecular complexity index is 447. The summed E-state index contributed by atoms with van der Waals surface area (Å²) in [5.41, 5.74) is 0.165. The maximum absolute atomic E-state index is 13.5. The van der Waals surface area contributed by atoms with Gasteiger partial charge in [0.05, 0.1) is 12.8 Å². The van der Waals surface area contributed by atoms with Crippen LogP contribution in [0.4, 0.5) is 10.1 Å². The summed E-state index contributed by atoms with van der Waals surface area (Å²) in [6.07, 6.45) is 0. The lowest BCUT2D eigenvalue weighted by molar-refractivity contribution is -0.121. The lowest BCUT2D eigenvalue weighted by Gasteiger charge is -2.31. The van der Waals surface area contributed by atoms with Crippen molar-refractivity contribution < 1.29 is 13.9 Å². The molecule has 1 amide bonds. The number of carbonyl (C=O) groups excluding carboxylic acids is 1. The SMILES string of the molecule is COc1ccc(F)c(NC(=O)C(C)C2CNC2)c1. The number of hydrogen-bond donors (Lipinski definition) is 2. The molecule has 1 aliphatic heterocycles. The number of ether oxygens (including phenoxy) is 1. The van der Waals surface area contributed by atoms with Crippen LogP contribution in [0.25, 0.3) is 0 Å². The van der Waals surface area contributed by atoms with Gasteiger partial charge in [-0.25, -0.2) is 4.39 Å². The van der Waals surface area contributed by atoms with Crippen molar-refractivity contribution in [1.29, 1.82) is 0 Å². The minimum absolute atomic E-state index is 0.128. The normalized spacial score (nSPS) is 16.8. The zero-order valence-electron chi connectivity index (χ0n) is 10.5. The summed E-state index contributed by atoms with van der Waals surface area (Å²) < 4.78 is 18.5. The van der Waals surface area contributed by atoms with E-state index in [1.807, 2.05) is 6.92 Å². The first kappa shape index (κ1) is 12.8. The number of benzene rings is 1. The maximum atomic E-state index is 13.5. The van der Waals surface area contributed by atoms with Crippen LogP contribution in [0.1, 0.15) is 6.92 Å². The molecular weight excluding hydrogens is 235 g/mol. The molecule has 1 aromatic carbocycles. The van der Waals surface area contributed by atoms with Crippen molar-refractivity contribution in [2.24, 2.45) is 11.8 Å². The molecule has 1 fully saturated rings. The molecule has 0 bridgehead atoms. The third-order valence-electron chi connectivity index (χ3n) is 3.37. The van der Waals surface area contributed by atoms with Gasteiger partial charge < -0.3 is 15.4 Å². The van der Waals surface area contributed by atoms with E-state index in [0.717, 1.165) is 13.1 Å². The Labute approximate surface area is 106 Å². The molecule has 0 spiro atoms. The van der Waals surface area contributed by atoms with E-state index in [2.05, 4.69) is 10.6 Å². The Morgan fingerprint density at radius 2 is 2.28 bits per heavy atom. The highest BCUT2D eigenvalue weighted by atomic mass is 19.1. The second-order valence-corrected chi connectivity index (χ2v) is 4.54. The van der Waals surface area contributed by atoms with Crippen LogP contribution in [-0.4, -0.2) is 26.1 Å². The number of nitrogens with one attached hydrogen (secondary N) is 2. The monoisotopic (exact) mass is 252 g/mol. The molecule has 1 saturated heterocycles. The molecule has 2 rings (SSSR count). The van der Waals surface area contributed by atoms with Crippen molar-refractivity contribution in [2.75, 3.05) is 25.5 Å². The van der Waals surface area contributed by atoms with Gasteiger partial charge in [-0.15, -0.1) is 0 Å². The highest BCUT2D eigenvalue weighted by Gasteiger charge is 2.29. The fourth-order valence-corrected chi connectivity index (χ4v) is 1.85. The van der Waals surface area contributed by atoms with Gasteiger partial charge in [-0.05, 0) is 31.1 Å².